The van der Waals surface area contributed by atoms with E-state index in [4.69, 9.17) is 24.0 Å². The predicted octanol–water partition coefficient (Wildman–Crippen LogP) is 0.843. The average molecular weight is 447 g/mol. The van der Waals surface area contributed by atoms with Gasteiger partial charge in [0.25, 0.3) is 5.56 Å². The maximum atomic E-state index is 12.9. The lowest BCUT2D eigenvalue weighted by atomic mass is 10.1. The quantitative estimate of drug-likeness (QED) is 0.396. The monoisotopic (exact) mass is 447 g/mol. The summed E-state index contributed by atoms with van der Waals surface area (Å²) < 4.78 is 33.7. The second-order valence-corrected chi connectivity index (χ2v) is 8.06. The van der Waals surface area contributed by atoms with E-state index < -0.39 is 44.5 Å². The Hall–Kier alpha value is -2.18. The fourth-order valence-electron chi connectivity index (χ4n) is 2.87. The van der Waals surface area contributed by atoms with Crippen LogP contribution in [0.4, 0.5) is 4.39 Å². The summed E-state index contributed by atoms with van der Waals surface area (Å²) >= 11 is 0. The number of fused-ring (bicyclic) bond motifs is 1. The first-order chi connectivity index (χ1) is 14.2. The summed E-state index contributed by atoms with van der Waals surface area (Å²) in [7, 11) is -3.37. The van der Waals surface area contributed by atoms with Gasteiger partial charge in [-0.25, -0.2) is 4.79 Å². The van der Waals surface area contributed by atoms with Crippen LogP contribution >= 0.6 is 8.17 Å². The number of hydrogen-bond donors (Lipinski definition) is 4. The number of aromatic amines is 1. The van der Waals surface area contributed by atoms with Gasteiger partial charge in [0.2, 0.25) is 5.82 Å². The molecule has 0 spiro atoms. The van der Waals surface area contributed by atoms with Gasteiger partial charge in [-0.3, -0.25) is 18.9 Å². The van der Waals surface area contributed by atoms with E-state index in [1.165, 1.54) is 0 Å². The van der Waals surface area contributed by atoms with Crippen molar-refractivity contribution in [1.29, 1.82) is 0 Å². The van der Waals surface area contributed by atoms with Gasteiger partial charge in [0.05, 0.1) is 6.20 Å². The minimum atomic E-state index is -3.37. The molecule has 3 heterocycles. The second-order valence-electron chi connectivity index (χ2n) is 6.42. The van der Waals surface area contributed by atoms with Gasteiger partial charge in [-0.2, -0.15) is 9.28 Å². The molecular formula is C17H21FN2O9P+. The second kappa shape index (κ2) is 9.31. The average Bonchev–Trinajstić information content (AvgIpc) is 3.12. The fourth-order valence-corrected chi connectivity index (χ4v) is 3.99. The van der Waals surface area contributed by atoms with Crippen LogP contribution in [0.25, 0.3) is 0 Å². The third kappa shape index (κ3) is 5.10. The minimum Gasteiger partial charge on any atom is -0.368 e. The van der Waals surface area contributed by atoms with Gasteiger partial charge < -0.3 is 14.9 Å². The molecule has 0 aliphatic carbocycles. The lowest BCUT2D eigenvalue weighted by molar-refractivity contribution is -0.114. The minimum absolute atomic E-state index is 0.224. The van der Waals surface area contributed by atoms with Crippen molar-refractivity contribution in [2.24, 2.45) is 0 Å². The van der Waals surface area contributed by atoms with Crippen molar-refractivity contribution in [3.05, 3.63) is 62.2 Å². The van der Waals surface area contributed by atoms with Gasteiger partial charge in [-0.1, -0.05) is 18.2 Å². The SMILES string of the molecule is Cc1cccc2c1O[P+](O)(OCO)OC2.O=c1[nH]c(=O)n(C2CC[C@@H](O)O2)cc1F. The van der Waals surface area contributed by atoms with Crippen molar-refractivity contribution in [2.45, 2.75) is 38.9 Å². The molecule has 1 aromatic heterocycles. The molecule has 0 bridgehead atoms. The van der Waals surface area contributed by atoms with Gasteiger partial charge in [-0.15, -0.1) is 9.05 Å². The zero-order chi connectivity index (χ0) is 21.9. The number of nitrogens with zero attached hydrogens (tertiary/aromatic N) is 1. The number of para-hydroxylation sites is 1. The van der Waals surface area contributed by atoms with Crippen LogP contribution in [-0.2, 0) is 20.4 Å². The largest absolute Gasteiger partial charge is 0.621 e. The zero-order valence-electron chi connectivity index (χ0n) is 15.9. The predicted molar refractivity (Wildman–Crippen MR) is 101 cm³/mol. The highest BCUT2D eigenvalue weighted by Crippen LogP contribution is 2.61. The van der Waals surface area contributed by atoms with Crippen molar-refractivity contribution in [2.75, 3.05) is 6.79 Å². The Labute approximate surface area is 169 Å². The van der Waals surface area contributed by atoms with Crippen LogP contribution < -0.4 is 15.8 Å². The van der Waals surface area contributed by atoms with Gasteiger partial charge in [0.1, 0.15) is 12.8 Å². The molecule has 11 nitrogen and oxygen atoms in total. The van der Waals surface area contributed by atoms with Crippen molar-refractivity contribution in [1.82, 2.24) is 9.55 Å². The number of aliphatic hydroxyl groups excluding tert-OH is 2. The number of aromatic nitrogens is 2. The van der Waals surface area contributed by atoms with Gasteiger partial charge in [0, 0.05) is 12.0 Å². The standard InChI is InChI=1S/C9H12O5P.C8H9FN2O4/c1-7-3-2-4-8-5-12-15(11,13-6-10)14-9(7)8;9-4-3-11(8(14)10-7(4)13)5-1-2-6(12)15-5/h2-4,10-11H,5-6H2,1H3;3,5-6,12H,1-2H2,(H,10,13,14)/q+1;/t;5?,6-/m.0/s1. The first kappa shape index (κ1) is 22.5. The maximum absolute atomic E-state index is 12.9. The van der Waals surface area contributed by atoms with Gasteiger partial charge >= 0.3 is 13.9 Å². The number of nitrogens with one attached hydrogen (secondary N) is 1. The molecule has 1 saturated heterocycles. The van der Waals surface area contributed by atoms with E-state index >= 15 is 0 Å². The molecule has 0 saturated carbocycles. The highest BCUT2D eigenvalue weighted by Gasteiger charge is 2.50. The molecule has 13 heteroatoms. The Morgan fingerprint density at radius 2 is 2.13 bits per heavy atom. The number of ether oxygens (including phenoxy) is 1. The fraction of sp³-hybridized carbons (Fsp3) is 0.412. The summed E-state index contributed by atoms with van der Waals surface area (Å²) in [6.45, 7) is 1.46. The molecule has 2 aliphatic rings. The number of benzene rings is 1. The highest BCUT2D eigenvalue weighted by atomic mass is 31.2. The molecule has 4 N–H and O–H groups in total. The van der Waals surface area contributed by atoms with Crippen LogP contribution in [0.1, 0.15) is 30.2 Å². The number of hydrogen-bond acceptors (Lipinski definition) is 9. The van der Waals surface area contributed by atoms with Crippen LogP contribution in [0.5, 0.6) is 5.75 Å². The van der Waals surface area contributed by atoms with Crippen molar-refractivity contribution < 1.29 is 37.8 Å². The molecule has 1 aromatic carbocycles. The summed E-state index contributed by atoms with van der Waals surface area (Å²) in [5, 5.41) is 17.7. The molecule has 1 fully saturated rings. The molecular weight excluding hydrogens is 426 g/mol. The molecule has 30 heavy (non-hydrogen) atoms. The van der Waals surface area contributed by atoms with Crippen molar-refractivity contribution in [3.63, 3.8) is 0 Å². The lowest BCUT2D eigenvalue weighted by Gasteiger charge is -2.21. The van der Waals surface area contributed by atoms with E-state index in [9.17, 15) is 18.9 Å². The molecule has 0 amide bonds. The molecule has 2 unspecified atom stereocenters. The molecule has 2 aliphatic heterocycles. The van der Waals surface area contributed by atoms with E-state index in [-0.39, 0.29) is 6.61 Å². The molecule has 4 rings (SSSR count). The van der Waals surface area contributed by atoms with Crippen LogP contribution in [0.3, 0.4) is 0 Å². The third-order valence-corrected chi connectivity index (χ3v) is 5.62. The first-order valence-electron chi connectivity index (χ1n) is 8.87. The summed E-state index contributed by atoms with van der Waals surface area (Å²) in [6.07, 6.45) is -0.121. The zero-order valence-corrected chi connectivity index (χ0v) is 16.8. The smallest absolute Gasteiger partial charge is 0.368 e. The summed E-state index contributed by atoms with van der Waals surface area (Å²) in [5.74, 6) is -0.479. The van der Waals surface area contributed by atoms with E-state index in [2.05, 4.69) is 4.52 Å². The Balaban J connectivity index is 0.000000171. The van der Waals surface area contributed by atoms with Gasteiger partial charge in [-0.05, 0) is 18.9 Å². The van der Waals surface area contributed by atoms with Crippen molar-refractivity contribution >= 4 is 8.17 Å². The molecule has 164 valence electrons. The van der Waals surface area contributed by atoms with Gasteiger partial charge in [0.15, 0.2) is 18.8 Å². The van der Waals surface area contributed by atoms with E-state index in [0.717, 1.165) is 21.9 Å². The van der Waals surface area contributed by atoms with Crippen LogP contribution in [0, 0.1) is 12.7 Å². The Morgan fingerprint density at radius 1 is 1.37 bits per heavy atom. The number of aryl methyl sites for hydroxylation is 1. The van der Waals surface area contributed by atoms with Crippen LogP contribution in [0.15, 0.2) is 34.0 Å². The Morgan fingerprint density at radius 3 is 2.80 bits per heavy atom. The highest BCUT2D eigenvalue weighted by molar-refractivity contribution is 7.55. The number of rotatable bonds is 3. The number of halogens is 1. The topological polar surface area (TPSA) is 152 Å². The number of H-pyrrole nitrogens is 1. The summed E-state index contributed by atoms with van der Waals surface area (Å²) in [5.41, 5.74) is -0.0488. The molecule has 2 aromatic rings. The van der Waals surface area contributed by atoms with Crippen LogP contribution in [0.2, 0.25) is 0 Å². The Bertz CT molecular complexity index is 1010. The first-order valence-corrected chi connectivity index (χ1v) is 10.4. The Kier molecular flexibility index (Phi) is 6.98. The summed E-state index contributed by atoms with van der Waals surface area (Å²) in [6, 6.07) is 5.61. The van der Waals surface area contributed by atoms with E-state index in [0.29, 0.717) is 18.6 Å². The normalized spacial score (nSPS) is 25.1. The van der Waals surface area contributed by atoms with E-state index in [1.807, 2.05) is 30.1 Å². The number of aliphatic hydroxyl groups is 2. The maximum Gasteiger partial charge on any atom is 0.621 e. The van der Waals surface area contributed by atoms with E-state index in [1.54, 1.807) is 0 Å². The lowest BCUT2D eigenvalue weighted by Crippen LogP contribution is -2.33. The third-order valence-electron chi connectivity index (χ3n) is 4.31. The van der Waals surface area contributed by atoms with Crippen LogP contribution in [-0.4, -0.2) is 37.7 Å². The molecule has 3 atom stereocenters. The summed E-state index contributed by atoms with van der Waals surface area (Å²) in [4.78, 5) is 33.5. The van der Waals surface area contributed by atoms with Crippen molar-refractivity contribution in [3.8, 4) is 5.75 Å². The molecule has 0 radical (unpaired) electrons.